The first-order chi connectivity index (χ1) is 7.40. The van der Waals surface area contributed by atoms with Crippen LogP contribution in [0.15, 0.2) is 11.6 Å². The average Bonchev–Trinajstić information content (AvgIpc) is 2.25. The van der Waals surface area contributed by atoms with Gasteiger partial charge in [0, 0.05) is 6.26 Å². The predicted octanol–water partition coefficient (Wildman–Crippen LogP) is 0.818. The molecule has 5 heteroatoms. The van der Waals surface area contributed by atoms with Crippen LogP contribution in [0.4, 0.5) is 0 Å². The van der Waals surface area contributed by atoms with Crippen molar-refractivity contribution in [2.45, 2.75) is 38.1 Å². The van der Waals surface area contributed by atoms with Gasteiger partial charge in [0.1, 0.15) is 9.84 Å². The fraction of sp³-hybridized carbons (Fsp3) is 0.727. The van der Waals surface area contributed by atoms with Gasteiger partial charge in [-0.1, -0.05) is 6.08 Å². The van der Waals surface area contributed by atoms with E-state index in [1.807, 2.05) is 6.08 Å². The van der Waals surface area contributed by atoms with Crippen LogP contribution in [-0.2, 0) is 14.6 Å². The van der Waals surface area contributed by atoms with Crippen molar-refractivity contribution in [3.05, 3.63) is 11.6 Å². The zero-order chi connectivity index (χ0) is 12.2. The summed E-state index contributed by atoms with van der Waals surface area (Å²) in [6.45, 7) is 0. The molecule has 0 fully saturated rings. The Kier molecular flexibility index (Phi) is 4.68. The largest absolute Gasteiger partial charge is 0.321 e. The Morgan fingerprint density at radius 3 is 2.69 bits per heavy atom. The number of ketones is 1. The molecule has 0 saturated carbocycles. The fourth-order valence-electron chi connectivity index (χ4n) is 1.77. The molecule has 0 radical (unpaired) electrons. The third kappa shape index (κ3) is 4.45. The van der Waals surface area contributed by atoms with Crippen LogP contribution in [0.5, 0.6) is 0 Å². The average molecular weight is 245 g/mol. The van der Waals surface area contributed by atoms with E-state index in [0.29, 0.717) is 0 Å². The van der Waals surface area contributed by atoms with Gasteiger partial charge in [-0.2, -0.15) is 0 Å². The molecule has 0 spiro atoms. The van der Waals surface area contributed by atoms with Crippen molar-refractivity contribution in [2.75, 3.05) is 12.0 Å². The van der Waals surface area contributed by atoms with Crippen LogP contribution < -0.4 is 5.73 Å². The molecule has 2 N–H and O–H groups in total. The Morgan fingerprint density at radius 1 is 1.50 bits per heavy atom. The molecule has 1 aliphatic rings. The van der Waals surface area contributed by atoms with Crippen LogP contribution in [-0.4, -0.2) is 32.3 Å². The van der Waals surface area contributed by atoms with E-state index in [-0.39, 0.29) is 18.0 Å². The van der Waals surface area contributed by atoms with Crippen LogP contribution in [0.2, 0.25) is 0 Å². The standard InChI is InChI=1S/C11H19NO3S/c1-16(14,15)8-7-10(12)11(13)9-5-3-2-4-6-9/h5,10H,2-4,6-8,12H2,1H3. The summed E-state index contributed by atoms with van der Waals surface area (Å²) in [5, 5.41) is 0. The first kappa shape index (κ1) is 13.4. The molecule has 16 heavy (non-hydrogen) atoms. The summed E-state index contributed by atoms with van der Waals surface area (Å²) in [4.78, 5) is 11.8. The number of nitrogens with two attached hydrogens (primary N) is 1. The van der Waals surface area contributed by atoms with E-state index in [9.17, 15) is 13.2 Å². The first-order valence-electron chi connectivity index (χ1n) is 5.57. The van der Waals surface area contributed by atoms with Gasteiger partial charge in [-0.15, -0.1) is 0 Å². The summed E-state index contributed by atoms with van der Waals surface area (Å²) in [7, 11) is -3.04. The number of hydrogen-bond acceptors (Lipinski definition) is 4. The Hall–Kier alpha value is -0.680. The third-order valence-corrected chi connectivity index (χ3v) is 3.72. The molecule has 0 saturated heterocycles. The van der Waals surface area contributed by atoms with E-state index in [1.165, 1.54) is 0 Å². The number of Topliss-reactive ketones (excluding diaryl/α,β-unsaturated/α-hetero) is 1. The maximum atomic E-state index is 11.8. The number of rotatable bonds is 5. The van der Waals surface area contributed by atoms with Crippen molar-refractivity contribution in [3.63, 3.8) is 0 Å². The monoisotopic (exact) mass is 245 g/mol. The highest BCUT2D eigenvalue weighted by atomic mass is 32.2. The van der Waals surface area contributed by atoms with E-state index < -0.39 is 15.9 Å². The zero-order valence-electron chi connectivity index (χ0n) is 9.61. The molecule has 0 amide bonds. The molecule has 0 bridgehead atoms. The lowest BCUT2D eigenvalue weighted by atomic mass is 9.93. The van der Waals surface area contributed by atoms with Crippen molar-refractivity contribution < 1.29 is 13.2 Å². The number of carbonyl (C=O) groups is 1. The van der Waals surface area contributed by atoms with Crippen molar-refractivity contribution in [1.29, 1.82) is 0 Å². The smallest absolute Gasteiger partial charge is 0.175 e. The van der Waals surface area contributed by atoms with Gasteiger partial charge in [0.25, 0.3) is 0 Å². The molecule has 0 aromatic heterocycles. The first-order valence-corrected chi connectivity index (χ1v) is 7.63. The van der Waals surface area contributed by atoms with Crippen molar-refractivity contribution >= 4 is 15.6 Å². The zero-order valence-corrected chi connectivity index (χ0v) is 10.4. The lowest BCUT2D eigenvalue weighted by Gasteiger charge is -2.15. The fourth-order valence-corrected chi connectivity index (χ4v) is 2.45. The molecule has 92 valence electrons. The van der Waals surface area contributed by atoms with Crippen molar-refractivity contribution in [3.8, 4) is 0 Å². The summed E-state index contributed by atoms with van der Waals surface area (Å²) in [5.74, 6) is -0.101. The second-order valence-corrected chi connectivity index (χ2v) is 6.62. The number of allylic oxidation sites excluding steroid dienone is 1. The number of carbonyl (C=O) groups excluding carboxylic acids is 1. The minimum Gasteiger partial charge on any atom is -0.321 e. The number of hydrogen-bond donors (Lipinski definition) is 1. The highest BCUT2D eigenvalue weighted by Crippen LogP contribution is 2.19. The topological polar surface area (TPSA) is 77.2 Å². The van der Waals surface area contributed by atoms with E-state index in [0.717, 1.165) is 37.5 Å². The lowest BCUT2D eigenvalue weighted by Crippen LogP contribution is -2.34. The van der Waals surface area contributed by atoms with E-state index in [2.05, 4.69) is 0 Å². The maximum absolute atomic E-state index is 11.8. The molecule has 1 aliphatic carbocycles. The van der Waals surface area contributed by atoms with Gasteiger partial charge >= 0.3 is 0 Å². The van der Waals surface area contributed by atoms with Crippen LogP contribution >= 0.6 is 0 Å². The number of sulfone groups is 1. The predicted molar refractivity (Wildman–Crippen MR) is 63.9 cm³/mol. The third-order valence-electron chi connectivity index (χ3n) is 2.74. The van der Waals surface area contributed by atoms with Gasteiger partial charge < -0.3 is 5.73 Å². The summed E-state index contributed by atoms with van der Waals surface area (Å²) < 4.78 is 21.9. The van der Waals surface area contributed by atoms with Crippen LogP contribution in [0.3, 0.4) is 0 Å². The molecule has 1 rings (SSSR count). The summed E-state index contributed by atoms with van der Waals surface area (Å²) >= 11 is 0. The van der Waals surface area contributed by atoms with Gasteiger partial charge in [-0.3, -0.25) is 4.79 Å². The molecular formula is C11H19NO3S. The molecule has 0 aromatic carbocycles. The second kappa shape index (κ2) is 5.59. The van der Waals surface area contributed by atoms with Crippen LogP contribution in [0.25, 0.3) is 0 Å². The van der Waals surface area contributed by atoms with E-state index in [4.69, 9.17) is 5.73 Å². The van der Waals surface area contributed by atoms with E-state index in [1.54, 1.807) is 0 Å². The second-order valence-electron chi connectivity index (χ2n) is 4.36. The van der Waals surface area contributed by atoms with Crippen molar-refractivity contribution in [1.82, 2.24) is 0 Å². The molecule has 0 aromatic rings. The van der Waals surface area contributed by atoms with Crippen LogP contribution in [0.1, 0.15) is 32.1 Å². The van der Waals surface area contributed by atoms with Crippen molar-refractivity contribution in [2.24, 2.45) is 5.73 Å². The quantitative estimate of drug-likeness (QED) is 0.778. The van der Waals surface area contributed by atoms with Gasteiger partial charge in [-0.05, 0) is 37.7 Å². The summed E-state index contributed by atoms with van der Waals surface area (Å²) in [6.07, 6.45) is 7.17. The SMILES string of the molecule is CS(=O)(=O)CCC(N)C(=O)C1=CCCCC1. The lowest BCUT2D eigenvalue weighted by molar-refractivity contribution is -0.117. The van der Waals surface area contributed by atoms with Gasteiger partial charge in [-0.25, -0.2) is 8.42 Å². The highest BCUT2D eigenvalue weighted by Gasteiger charge is 2.20. The normalized spacial score (nSPS) is 19.0. The Bertz CT molecular complexity index is 384. The van der Waals surface area contributed by atoms with E-state index >= 15 is 0 Å². The molecule has 4 nitrogen and oxygen atoms in total. The van der Waals surface area contributed by atoms with Gasteiger partial charge in [0.05, 0.1) is 11.8 Å². The molecule has 0 heterocycles. The molecule has 1 unspecified atom stereocenters. The van der Waals surface area contributed by atoms with Gasteiger partial charge in [0.2, 0.25) is 0 Å². The minimum atomic E-state index is -3.04. The Morgan fingerprint density at radius 2 is 2.19 bits per heavy atom. The molecular weight excluding hydrogens is 226 g/mol. The molecule has 1 atom stereocenters. The van der Waals surface area contributed by atoms with Crippen LogP contribution in [0, 0.1) is 0 Å². The maximum Gasteiger partial charge on any atom is 0.175 e. The highest BCUT2D eigenvalue weighted by molar-refractivity contribution is 7.90. The Labute approximate surface area is 96.8 Å². The minimum absolute atomic E-state index is 0.0206. The summed E-state index contributed by atoms with van der Waals surface area (Å²) in [5.41, 5.74) is 6.48. The Balaban J connectivity index is 2.50. The molecule has 0 aliphatic heterocycles. The summed E-state index contributed by atoms with van der Waals surface area (Å²) in [6, 6.07) is -0.668. The van der Waals surface area contributed by atoms with Gasteiger partial charge in [0.15, 0.2) is 5.78 Å².